The average molecular weight is 458 g/mol. The summed E-state index contributed by atoms with van der Waals surface area (Å²) in [5.74, 6) is 6.62. The predicted molar refractivity (Wildman–Crippen MR) is 138 cm³/mol. The lowest BCUT2D eigenvalue weighted by molar-refractivity contribution is 0.219. The van der Waals surface area contributed by atoms with E-state index in [-0.39, 0.29) is 16.8 Å². The third-order valence-corrected chi connectivity index (χ3v) is 7.40. The van der Waals surface area contributed by atoms with Crippen LogP contribution in [0.2, 0.25) is 6.32 Å². The number of benzene rings is 3. The van der Waals surface area contributed by atoms with Gasteiger partial charge in [0.15, 0.2) is 5.82 Å². The second-order valence-electron chi connectivity index (χ2n) is 9.54. The molecule has 5 rings (SSSR count). The molecule has 0 radical (unpaired) electrons. The first-order valence-electron chi connectivity index (χ1n) is 12.1. The number of nitrogens with zero attached hydrogens (tertiary/aromatic N) is 2. The molecule has 0 aromatic heterocycles. The van der Waals surface area contributed by atoms with E-state index in [1.54, 1.807) is 0 Å². The van der Waals surface area contributed by atoms with Gasteiger partial charge in [-0.1, -0.05) is 48.8 Å². The van der Waals surface area contributed by atoms with Crippen LogP contribution in [-0.4, -0.2) is 31.9 Å². The molecule has 7 heteroatoms. The summed E-state index contributed by atoms with van der Waals surface area (Å²) in [5.41, 5.74) is 12.4. The number of halogens is 1. The topological polar surface area (TPSA) is 67.8 Å². The third-order valence-electron chi connectivity index (χ3n) is 7.40. The van der Waals surface area contributed by atoms with Crippen molar-refractivity contribution in [2.45, 2.75) is 38.6 Å². The number of ether oxygens (including phenoxy) is 1. The fourth-order valence-electron chi connectivity index (χ4n) is 5.11. The van der Waals surface area contributed by atoms with Crippen LogP contribution in [0.15, 0.2) is 54.6 Å². The molecule has 1 fully saturated rings. The molecule has 1 saturated heterocycles. The highest BCUT2D eigenvalue weighted by Crippen LogP contribution is 2.50. The molecule has 0 aliphatic carbocycles. The Morgan fingerprint density at radius 1 is 1.18 bits per heavy atom. The first-order valence-corrected chi connectivity index (χ1v) is 12.1. The van der Waals surface area contributed by atoms with E-state index in [2.05, 4.69) is 42.2 Å². The van der Waals surface area contributed by atoms with E-state index in [1.807, 2.05) is 31.2 Å². The quantitative estimate of drug-likeness (QED) is 0.254. The first-order chi connectivity index (χ1) is 16.4. The van der Waals surface area contributed by atoms with E-state index in [4.69, 9.17) is 16.3 Å². The number of nitrogen functional groups attached to an aromatic ring is 1. The molecule has 3 aromatic carbocycles. The molecule has 2 aliphatic heterocycles. The van der Waals surface area contributed by atoms with Gasteiger partial charge in [0.2, 0.25) is 0 Å². The van der Waals surface area contributed by atoms with Crippen LogP contribution in [0.4, 0.5) is 15.8 Å². The second kappa shape index (κ2) is 8.97. The maximum atomic E-state index is 15.5. The van der Waals surface area contributed by atoms with E-state index in [1.165, 1.54) is 21.7 Å². The highest BCUT2D eigenvalue weighted by molar-refractivity contribution is 6.55. The van der Waals surface area contributed by atoms with Crippen LogP contribution in [0.1, 0.15) is 34.7 Å². The maximum absolute atomic E-state index is 15.5. The Balaban J connectivity index is 1.44. The van der Waals surface area contributed by atoms with Gasteiger partial charge in [0.25, 0.3) is 0 Å². The van der Waals surface area contributed by atoms with Crippen molar-refractivity contribution in [3.05, 3.63) is 88.2 Å². The molecule has 3 aromatic rings. The zero-order chi connectivity index (χ0) is 23.9. The Morgan fingerprint density at radius 3 is 2.74 bits per heavy atom. The average Bonchev–Trinajstić information content (AvgIpc) is 3.66. The normalized spacial score (nSPS) is 19.5. The maximum Gasteiger partial charge on any atom is 0.151 e. The van der Waals surface area contributed by atoms with Gasteiger partial charge in [-0.15, -0.1) is 0 Å². The number of nitrogens with two attached hydrogens (primary N) is 2. The van der Waals surface area contributed by atoms with E-state index in [9.17, 15) is 0 Å². The molecule has 0 spiro atoms. The zero-order valence-corrected chi connectivity index (χ0v) is 20.0. The van der Waals surface area contributed by atoms with Crippen molar-refractivity contribution in [1.29, 1.82) is 0 Å². The van der Waals surface area contributed by atoms with Crippen LogP contribution in [0.5, 0.6) is 5.75 Å². The Morgan fingerprint density at radius 2 is 1.97 bits per heavy atom. The minimum atomic E-state index is -0.345. The van der Waals surface area contributed by atoms with Crippen molar-refractivity contribution in [1.82, 2.24) is 4.90 Å². The number of hydrogen-bond acceptors (Lipinski definition) is 5. The number of anilines is 2. The summed E-state index contributed by atoms with van der Waals surface area (Å²) in [7, 11) is 0.913. The van der Waals surface area contributed by atoms with Crippen LogP contribution in [0.25, 0.3) is 0 Å². The summed E-state index contributed by atoms with van der Waals surface area (Å²) < 4.78 is 21.4. The van der Waals surface area contributed by atoms with Gasteiger partial charge in [0.05, 0.1) is 11.4 Å². The van der Waals surface area contributed by atoms with E-state index >= 15 is 4.39 Å². The lowest BCUT2D eigenvalue weighted by Gasteiger charge is -2.25. The number of hydrazine groups is 1. The monoisotopic (exact) mass is 458 g/mol. The van der Waals surface area contributed by atoms with Gasteiger partial charge in [-0.3, -0.25) is 4.90 Å². The molecule has 5 nitrogen and oxygen atoms in total. The van der Waals surface area contributed by atoms with E-state index in [0.717, 1.165) is 44.5 Å². The Bertz CT molecular complexity index is 1210. The van der Waals surface area contributed by atoms with Gasteiger partial charge < -0.3 is 15.5 Å². The lowest BCUT2D eigenvalue weighted by atomic mass is 9.74. The van der Waals surface area contributed by atoms with Crippen molar-refractivity contribution in [3.8, 4) is 5.75 Å². The number of fused-ring (bicyclic) bond motifs is 1. The summed E-state index contributed by atoms with van der Waals surface area (Å²) in [6, 6.07) is 18.6. The predicted octanol–water partition coefficient (Wildman–Crippen LogP) is 3.92. The summed E-state index contributed by atoms with van der Waals surface area (Å²) in [6.45, 7) is 7.84. The van der Waals surface area contributed by atoms with Gasteiger partial charge in [-0.2, -0.15) is 0 Å². The Hall–Kier alpha value is -3.03. The van der Waals surface area contributed by atoms with Gasteiger partial charge in [0, 0.05) is 31.7 Å². The fraction of sp³-hybridized carbons (Fsp3) is 0.333. The van der Waals surface area contributed by atoms with Crippen LogP contribution >= 0.6 is 0 Å². The number of aryl methyl sites for hydroxylation is 1. The van der Waals surface area contributed by atoms with Crippen molar-refractivity contribution in [2.24, 2.45) is 5.84 Å². The van der Waals surface area contributed by atoms with Gasteiger partial charge in [0.1, 0.15) is 19.6 Å². The molecule has 0 bridgehead atoms. The van der Waals surface area contributed by atoms with E-state index in [0.29, 0.717) is 24.4 Å². The summed E-state index contributed by atoms with van der Waals surface area (Å²) >= 11 is 0. The number of hydrogen-bond donors (Lipinski definition) is 2. The molecular formula is C27H32BFN4O. The van der Waals surface area contributed by atoms with Crippen LogP contribution in [0.3, 0.4) is 0 Å². The molecule has 0 amide bonds. The molecule has 4 N–H and O–H groups in total. The van der Waals surface area contributed by atoms with Gasteiger partial charge >= 0.3 is 0 Å². The molecule has 0 saturated carbocycles. The first kappa shape index (κ1) is 22.8. The third kappa shape index (κ3) is 4.03. The van der Waals surface area contributed by atoms with Crippen molar-refractivity contribution < 1.29 is 9.13 Å². The SMILES string of the molecule is CCN(N)c1ccc(C2(c3ccc(C)c(CN4CCOc5ccccc5C4)c3)BC2)c(F)c1N. The van der Waals surface area contributed by atoms with Gasteiger partial charge in [-0.05, 0) is 53.5 Å². The molecule has 176 valence electrons. The highest BCUT2D eigenvalue weighted by Gasteiger charge is 2.49. The number of rotatable bonds is 6. The second-order valence-corrected chi connectivity index (χ2v) is 9.54. The van der Waals surface area contributed by atoms with Crippen molar-refractivity contribution in [3.63, 3.8) is 0 Å². The summed E-state index contributed by atoms with van der Waals surface area (Å²) in [4.78, 5) is 2.42. The van der Waals surface area contributed by atoms with Crippen molar-refractivity contribution in [2.75, 3.05) is 30.4 Å². The minimum absolute atomic E-state index is 0.128. The van der Waals surface area contributed by atoms with E-state index < -0.39 is 0 Å². The van der Waals surface area contributed by atoms with Gasteiger partial charge in [-0.25, -0.2) is 10.2 Å². The van der Waals surface area contributed by atoms with Crippen LogP contribution in [0, 0.1) is 12.7 Å². The minimum Gasteiger partial charge on any atom is -0.492 e. The summed E-state index contributed by atoms with van der Waals surface area (Å²) in [6.07, 6.45) is 0.913. The zero-order valence-electron chi connectivity index (χ0n) is 20.0. The lowest BCUT2D eigenvalue weighted by Crippen LogP contribution is -2.31. The fourth-order valence-corrected chi connectivity index (χ4v) is 5.11. The largest absolute Gasteiger partial charge is 0.492 e. The summed E-state index contributed by atoms with van der Waals surface area (Å²) in [5, 5.41) is 1.16. The molecule has 2 aliphatic rings. The molecule has 1 unspecified atom stereocenters. The molecule has 2 heterocycles. The molecule has 1 atom stereocenters. The number of para-hydroxylation sites is 1. The standard InChI is InChI=1S/C27H32BFN4O/c1-3-33(31)23-11-10-22(25(29)26(23)30)27(17-28-27)21-9-8-18(2)20(14-21)16-32-12-13-34-24-7-5-4-6-19(24)15-32/h4-11,14,28H,3,12-13,15-17,30-31H2,1-2H3. The Kier molecular flexibility index (Phi) is 6.00. The molecular weight excluding hydrogens is 426 g/mol. The van der Waals surface area contributed by atoms with Crippen LogP contribution in [-0.2, 0) is 18.4 Å². The van der Waals surface area contributed by atoms with Crippen LogP contribution < -0.4 is 21.3 Å². The van der Waals surface area contributed by atoms with Crippen molar-refractivity contribution >= 4 is 18.7 Å². The molecule has 34 heavy (non-hydrogen) atoms. The Labute approximate surface area is 201 Å². The highest BCUT2D eigenvalue weighted by atomic mass is 19.1. The smallest absolute Gasteiger partial charge is 0.151 e.